The molecule has 8 heteroatoms. The van der Waals surface area contributed by atoms with Gasteiger partial charge in [-0.2, -0.15) is 0 Å². The van der Waals surface area contributed by atoms with Crippen LogP contribution in [0.15, 0.2) is 24.3 Å². The first kappa shape index (κ1) is 23.4. The molecular weight excluding hydrogens is 389 g/mol. The molecule has 0 bridgehead atoms. The Hall–Kier alpha value is -1.67. The average molecular weight is 416 g/mol. The van der Waals surface area contributed by atoms with Gasteiger partial charge >= 0.3 is 5.97 Å². The number of hydrogen-bond donors (Lipinski definition) is 1. The van der Waals surface area contributed by atoms with E-state index in [0.717, 1.165) is 0 Å². The van der Waals surface area contributed by atoms with E-state index in [-0.39, 0.29) is 35.8 Å². The van der Waals surface area contributed by atoms with Crippen molar-refractivity contribution in [3.05, 3.63) is 30.1 Å². The predicted octanol–water partition coefficient (Wildman–Crippen LogP) is 4.70. The lowest BCUT2D eigenvalue weighted by Crippen LogP contribution is -2.25. The van der Waals surface area contributed by atoms with Gasteiger partial charge in [0.05, 0.1) is 6.61 Å². The van der Waals surface area contributed by atoms with Gasteiger partial charge in [-0.25, -0.2) is 4.39 Å². The van der Waals surface area contributed by atoms with Crippen molar-refractivity contribution in [2.45, 2.75) is 57.8 Å². The summed E-state index contributed by atoms with van der Waals surface area (Å²) in [6.07, 6.45) is 0.731. The fourth-order valence-corrected chi connectivity index (χ4v) is 3.57. The van der Waals surface area contributed by atoms with Gasteiger partial charge in [-0.3, -0.25) is 9.59 Å². The molecule has 1 atom stereocenters. The Balaban J connectivity index is 2.64. The molecule has 5 nitrogen and oxygen atoms in total. The van der Waals surface area contributed by atoms with Crippen molar-refractivity contribution < 1.29 is 23.5 Å². The third-order valence-corrected chi connectivity index (χ3v) is 4.61. The van der Waals surface area contributed by atoms with Gasteiger partial charge in [-0.05, 0) is 70.6 Å². The van der Waals surface area contributed by atoms with Gasteiger partial charge in [-0.1, -0.05) is 11.8 Å². The smallest absolute Gasteiger partial charge is 0.306 e. The van der Waals surface area contributed by atoms with E-state index in [9.17, 15) is 14.0 Å². The Bertz CT molecular complexity index is 644. The third kappa shape index (κ3) is 10.9. The number of hydrogen-bond acceptors (Lipinski definition) is 6. The quantitative estimate of drug-likeness (QED) is 0.490. The van der Waals surface area contributed by atoms with E-state index in [1.54, 1.807) is 20.8 Å². The summed E-state index contributed by atoms with van der Waals surface area (Å²) < 4.78 is 23.9. The number of nitrogens with one attached hydrogen (secondary N) is 1. The summed E-state index contributed by atoms with van der Waals surface area (Å²) in [7, 11) is 0. The number of benzene rings is 1. The molecule has 0 spiro atoms. The maximum absolute atomic E-state index is 13.0. The summed E-state index contributed by atoms with van der Waals surface area (Å²) in [6.45, 7) is 7.67. The molecule has 0 radical (unpaired) electrons. The molecule has 1 rings (SSSR count). The van der Waals surface area contributed by atoms with Crippen LogP contribution in [0, 0.1) is 5.82 Å². The molecule has 1 N–H and O–H groups in total. The minimum atomic E-state index is -0.555. The summed E-state index contributed by atoms with van der Waals surface area (Å²) in [4.78, 5) is 24.3. The highest BCUT2D eigenvalue weighted by atomic mass is 32.2. The van der Waals surface area contributed by atoms with Crippen LogP contribution in [0.5, 0.6) is 0 Å². The third-order valence-electron chi connectivity index (χ3n) is 3.16. The Labute approximate surface area is 169 Å². The van der Waals surface area contributed by atoms with Crippen LogP contribution in [0.3, 0.4) is 0 Å². The Morgan fingerprint density at radius 3 is 2.44 bits per heavy atom. The first-order valence-electron chi connectivity index (χ1n) is 8.69. The van der Waals surface area contributed by atoms with E-state index in [2.05, 4.69) is 5.32 Å². The number of halogens is 1. The topological polar surface area (TPSA) is 64.6 Å². The SMILES string of the molecule is CCOC(=S)SC(CCC(=O)OC(C)(C)C)CC(=O)Nc1ccc(F)cc1. The Morgan fingerprint density at radius 1 is 1.26 bits per heavy atom. The average Bonchev–Trinajstić information content (AvgIpc) is 2.53. The number of esters is 1. The summed E-state index contributed by atoms with van der Waals surface area (Å²) in [6, 6.07) is 5.52. The van der Waals surface area contributed by atoms with Crippen LogP contribution >= 0.6 is 24.0 Å². The highest BCUT2D eigenvalue weighted by Crippen LogP contribution is 2.24. The molecule has 150 valence electrons. The molecule has 0 aliphatic heterocycles. The predicted molar refractivity (Wildman–Crippen MR) is 110 cm³/mol. The van der Waals surface area contributed by atoms with Crippen molar-refractivity contribution >= 4 is 45.9 Å². The largest absolute Gasteiger partial charge is 0.479 e. The minimum absolute atomic E-state index is 0.137. The van der Waals surface area contributed by atoms with Crippen LogP contribution in [0.1, 0.15) is 47.0 Å². The van der Waals surface area contributed by atoms with Gasteiger partial charge in [-0.15, -0.1) is 0 Å². The number of rotatable bonds is 8. The van der Waals surface area contributed by atoms with Gasteiger partial charge in [0.25, 0.3) is 0 Å². The fourth-order valence-electron chi connectivity index (χ4n) is 2.11. The number of thiocarbonyl (C=S) groups is 1. The lowest BCUT2D eigenvalue weighted by molar-refractivity contribution is -0.155. The van der Waals surface area contributed by atoms with E-state index in [0.29, 0.717) is 23.1 Å². The second kappa shape index (κ2) is 11.2. The molecule has 27 heavy (non-hydrogen) atoms. The highest BCUT2D eigenvalue weighted by Gasteiger charge is 2.22. The van der Waals surface area contributed by atoms with Crippen LogP contribution in [0.4, 0.5) is 10.1 Å². The molecular formula is C19H26FNO4S2. The number of thioether (sulfide) groups is 1. The number of amides is 1. The van der Waals surface area contributed by atoms with E-state index in [1.165, 1.54) is 36.0 Å². The molecule has 0 saturated heterocycles. The maximum atomic E-state index is 13.0. The summed E-state index contributed by atoms with van der Waals surface area (Å²) >= 11 is 6.40. The Morgan fingerprint density at radius 2 is 1.89 bits per heavy atom. The zero-order valence-electron chi connectivity index (χ0n) is 16.0. The summed E-state index contributed by atoms with van der Waals surface area (Å²) in [5, 5.41) is 2.47. The molecule has 0 fully saturated rings. The first-order valence-corrected chi connectivity index (χ1v) is 9.98. The minimum Gasteiger partial charge on any atom is -0.479 e. The molecule has 0 aromatic heterocycles. The Kier molecular flexibility index (Phi) is 9.73. The van der Waals surface area contributed by atoms with Crippen molar-refractivity contribution in [3.8, 4) is 0 Å². The molecule has 0 aliphatic carbocycles. The molecule has 1 aromatic rings. The fraction of sp³-hybridized carbons (Fsp3) is 0.526. The number of carbonyl (C=O) groups excluding carboxylic acids is 2. The summed E-state index contributed by atoms with van der Waals surface area (Å²) in [5.41, 5.74) is -0.0509. The molecule has 1 aromatic carbocycles. The summed E-state index contributed by atoms with van der Waals surface area (Å²) in [5.74, 6) is -0.946. The van der Waals surface area contributed by atoms with Crippen molar-refractivity contribution in [1.82, 2.24) is 0 Å². The lowest BCUT2D eigenvalue weighted by atomic mass is 10.1. The van der Waals surface area contributed by atoms with Crippen molar-refractivity contribution in [2.75, 3.05) is 11.9 Å². The van der Waals surface area contributed by atoms with Crippen molar-refractivity contribution in [3.63, 3.8) is 0 Å². The molecule has 0 aliphatic rings. The normalized spacial score (nSPS) is 12.2. The van der Waals surface area contributed by atoms with Crippen LogP contribution in [0.25, 0.3) is 0 Å². The van der Waals surface area contributed by atoms with Gasteiger partial charge < -0.3 is 14.8 Å². The second-order valence-electron chi connectivity index (χ2n) is 6.81. The van der Waals surface area contributed by atoms with E-state index in [4.69, 9.17) is 21.7 Å². The van der Waals surface area contributed by atoms with Crippen molar-refractivity contribution in [2.24, 2.45) is 0 Å². The van der Waals surface area contributed by atoms with Crippen molar-refractivity contribution in [1.29, 1.82) is 0 Å². The van der Waals surface area contributed by atoms with Gasteiger partial charge in [0.1, 0.15) is 11.4 Å². The van der Waals surface area contributed by atoms with Crippen LogP contribution in [0.2, 0.25) is 0 Å². The standard InChI is InChI=1S/C19H26FNO4S2/c1-5-24-18(26)27-15(10-11-17(23)25-19(2,3)4)12-16(22)21-14-8-6-13(20)7-9-14/h6-9,15H,5,10-12H2,1-4H3,(H,21,22). The molecule has 1 unspecified atom stereocenters. The number of ether oxygens (including phenoxy) is 2. The maximum Gasteiger partial charge on any atom is 0.306 e. The second-order valence-corrected chi connectivity index (χ2v) is 8.71. The molecule has 0 heterocycles. The van der Waals surface area contributed by atoms with E-state index < -0.39 is 5.60 Å². The van der Waals surface area contributed by atoms with E-state index in [1.807, 2.05) is 6.92 Å². The van der Waals surface area contributed by atoms with Gasteiger partial charge in [0.2, 0.25) is 10.3 Å². The zero-order chi connectivity index (χ0) is 20.4. The lowest BCUT2D eigenvalue weighted by Gasteiger charge is -2.21. The zero-order valence-corrected chi connectivity index (χ0v) is 17.7. The first-order chi connectivity index (χ1) is 12.6. The van der Waals surface area contributed by atoms with Crippen LogP contribution < -0.4 is 5.32 Å². The number of carbonyl (C=O) groups is 2. The van der Waals surface area contributed by atoms with Gasteiger partial charge in [0, 0.05) is 23.8 Å². The molecule has 1 amide bonds. The van der Waals surface area contributed by atoms with Crippen LogP contribution in [-0.2, 0) is 19.1 Å². The van der Waals surface area contributed by atoms with Gasteiger partial charge in [0.15, 0.2) is 0 Å². The van der Waals surface area contributed by atoms with Crippen LogP contribution in [-0.4, -0.2) is 33.7 Å². The molecule has 0 saturated carbocycles. The van der Waals surface area contributed by atoms with E-state index >= 15 is 0 Å². The highest BCUT2D eigenvalue weighted by molar-refractivity contribution is 8.23. The monoisotopic (exact) mass is 415 g/mol. The number of anilines is 1.